The maximum atomic E-state index is 13.3. The van der Waals surface area contributed by atoms with Crippen LogP contribution in [0.1, 0.15) is 19.4 Å². The van der Waals surface area contributed by atoms with Crippen LogP contribution >= 0.6 is 0 Å². The smallest absolute Gasteiger partial charge is 0.130 e. The van der Waals surface area contributed by atoms with Crippen molar-refractivity contribution in [2.75, 3.05) is 7.05 Å². The van der Waals surface area contributed by atoms with Crippen molar-refractivity contribution in [2.45, 2.75) is 25.8 Å². The number of rotatable bonds is 3. The van der Waals surface area contributed by atoms with E-state index in [1.165, 1.54) is 6.07 Å². The van der Waals surface area contributed by atoms with Crippen LogP contribution in [0.2, 0.25) is 0 Å². The van der Waals surface area contributed by atoms with Gasteiger partial charge in [-0.15, -0.1) is 0 Å². The third-order valence-corrected chi connectivity index (χ3v) is 2.35. The predicted molar refractivity (Wildman–Crippen MR) is 54.9 cm³/mol. The maximum Gasteiger partial charge on any atom is 0.130 e. The molecule has 0 bridgehead atoms. The van der Waals surface area contributed by atoms with Gasteiger partial charge >= 0.3 is 0 Å². The first-order valence-electron chi connectivity index (χ1n) is 4.61. The molecule has 14 heavy (non-hydrogen) atoms. The van der Waals surface area contributed by atoms with Gasteiger partial charge in [0.1, 0.15) is 11.6 Å². The van der Waals surface area contributed by atoms with Crippen molar-refractivity contribution in [3.05, 3.63) is 29.6 Å². The number of hydrogen-bond acceptors (Lipinski definition) is 2. The first-order valence-corrected chi connectivity index (χ1v) is 4.61. The maximum absolute atomic E-state index is 13.3. The Morgan fingerprint density at radius 3 is 2.57 bits per heavy atom. The fourth-order valence-electron chi connectivity index (χ4n) is 1.24. The van der Waals surface area contributed by atoms with Gasteiger partial charge in [-0.3, -0.25) is 0 Å². The summed E-state index contributed by atoms with van der Waals surface area (Å²) in [5.41, 5.74) is 0.472. The number of likely N-dealkylation sites (N-methyl/N-ethyl adjacent to an activating group) is 1. The summed E-state index contributed by atoms with van der Waals surface area (Å²) < 4.78 is 13.3. The Kier molecular flexibility index (Phi) is 3.11. The van der Waals surface area contributed by atoms with Gasteiger partial charge in [0.05, 0.1) is 0 Å². The highest BCUT2D eigenvalue weighted by molar-refractivity contribution is 5.28. The molecule has 2 N–H and O–H groups in total. The Labute approximate surface area is 83.8 Å². The predicted octanol–water partition coefficient (Wildman–Crippen LogP) is 2.07. The average molecular weight is 197 g/mol. The monoisotopic (exact) mass is 197 g/mol. The van der Waals surface area contributed by atoms with E-state index in [9.17, 15) is 4.39 Å². The third kappa shape index (κ3) is 2.70. The normalized spacial score (nSPS) is 11.7. The molecule has 0 atom stereocenters. The van der Waals surface area contributed by atoms with Gasteiger partial charge in [0, 0.05) is 11.6 Å². The van der Waals surface area contributed by atoms with Crippen molar-refractivity contribution in [2.24, 2.45) is 0 Å². The molecular weight excluding hydrogens is 181 g/mol. The molecule has 0 saturated carbocycles. The lowest BCUT2D eigenvalue weighted by Gasteiger charge is -2.24. The minimum Gasteiger partial charge on any atom is -0.508 e. The van der Waals surface area contributed by atoms with Crippen molar-refractivity contribution in [3.63, 3.8) is 0 Å². The summed E-state index contributed by atoms with van der Waals surface area (Å²) in [4.78, 5) is 0. The van der Waals surface area contributed by atoms with E-state index >= 15 is 0 Å². The third-order valence-electron chi connectivity index (χ3n) is 2.35. The summed E-state index contributed by atoms with van der Waals surface area (Å²) in [5.74, 6) is -0.387. The van der Waals surface area contributed by atoms with E-state index < -0.39 is 0 Å². The van der Waals surface area contributed by atoms with Crippen LogP contribution in [0.25, 0.3) is 0 Å². The highest BCUT2D eigenvalue weighted by Gasteiger charge is 2.17. The molecule has 1 aromatic carbocycles. The lowest BCUT2D eigenvalue weighted by atomic mass is 9.95. The van der Waals surface area contributed by atoms with Gasteiger partial charge in [-0.1, -0.05) is 6.07 Å². The minimum atomic E-state index is -0.353. The summed E-state index contributed by atoms with van der Waals surface area (Å²) in [6.07, 6.45) is 0.593. The van der Waals surface area contributed by atoms with Gasteiger partial charge in [-0.2, -0.15) is 0 Å². The summed E-state index contributed by atoms with van der Waals surface area (Å²) in [6, 6.07) is 4.26. The average Bonchev–Trinajstić information content (AvgIpc) is 2.10. The lowest BCUT2D eigenvalue weighted by molar-refractivity contribution is 0.411. The van der Waals surface area contributed by atoms with Crippen molar-refractivity contribution >= 4 is 0 Å². The number of nitrogens with one attached hydrogen (secondary N) is 1. The van der Waals surface area contributed by atoms with Crippen molar-refractivity contribution < 1.29 is 9.50 Å². The van der Waals surface area contributed by atoms with E-state index in [-0.39, 0.29) is 17.1 Å². The van der Waals surface area contributed by atoms with Crippen molar-refractivity contribution in [3.8, 4) is 5.75 Å². The quantitative estimate of drug-likeness (QED) is 0.777. The molecule has 0 aliphatic carbocycles. The molecule has 0 aromatic heterocycles. The molecule has 0 fully saturated rings. The zero-order valence-electron chi connectivity index (χ0n) is 8.76. The van der Waals surface area contributed by atoms with Crippen LogP contribution in [-0.2, 0) is 6.42 Å². The first kappa shape index (κ1) is 11.0. The molecule has 1 rings (SSSR count). The fourth-order valence-corrected chi connectivity index (χ4v) is 1.24. The van der Waals surface area contributed by atoms with Crippen LogP contribution in [0.15, 0.2) is 18.2 Å². The highest BCUT2D eigenvalue weighted by Crippen LogP contribution is 2.19. The van der Waals surface area contributed by atoms with Gasteiger partial charge in [0.2, 0.25) is 0 Å². The van der Waals surface area contributed by atoms with Gasteiger partial charge in [0.15, 0.2) is 0 Å². The molecule has 0 amide bonds. The molecule has 1 aromatic rings. The van der Waals surface area contributed by atoms with E-state index in [2.05, 4.69) is 5.32 Å². The van der Waals surface area contributed by atoms with Crippen LogP contribution in [0, 0.1) is 5.82 Å². The molecule has 0 aliphatic heterocycles. The summed E-state index contributed by atoms with van der Waals surface area (Å²) >= 11 is 0. The van der Waals surface area contributed by atoms with E-state index in [0.29, 0.717) is 12.0 Å². The molecular formula is C11H16FNO. The standard InChI is InChI=1S/C11H16FNO/c1-11(2,13-3)7-8-4-5-9(14)6-10(8)12/h4-6,13-14H,7H2,1-3H3. The van der Waals surface area contributed by atoms with Crippen LogP contribution < -0.4 is 5.32 Å². The van der Waals surface area contributed by atoms with Crippen LogP contribution in [-0.4, -0.2) is 17.7 Å². The second-order valence-corrected chi connectivity index (χ2v) is 4.09. The molecule has 78 valence electrons. The largest absolute Gasteiger partial charge is 0.508 e. The number of benzene rings is 1. The Hall–Kier alpha value is -1.09. The molecule has 0 radical (unpaired) electrons. The first-order chi connectivity index (χ1) is 6.44. The van der Waals surface area contributed by atoms with Crippen LogP contribution in [0.5, 0.6) is 5.75 Å². The van der Waals surface area contributed by atoms with E-state index in [1.54, 1.807) is 6.07 Å². The zero-order chi connectivity index (χ0) is 10.8. The minimum absolute atomic E-state index is 0.0338. The molecule has 3 heteroatoms. The number of phenols is 1. The molecule has 0 spiro atoms. The van der Waals surface area contributed by atoms with Crippen molar-refractivity contribution in [1.82, 2.24) is 5.32 Å². The van der Waals surface area contributed by atoms with Gasteiger partial charge in [-0.05, 0) is 38.9 Å². The molecule has 0 aliphatic rings. The SMILES string of the molecule is CNC(C)(C)Cc1ccc(O)cc1F. The second-order valence-electron chi connectivity index (χ2n) is 4.09. The topological polar surface area (TPSA) is 32.3 Å². The molecule has 2 nitrogen and oxygen atoms in total. The number of aromatic hydroxyl groups is 1. The summed E-state index contributed by atoms with van der Waals surface area (Å²) in [5, 5.41) is 12.1. The Balaban J connectivity index is 2.87. The van der Waals surface area contributed by atoms with Gasteiger partial charge in [-0.25, -0.2) is 4.39 Å². The van der Waals surface area contributed by atoms with Gasteiger partial charge in [0.25, 0.3) is 0 Å². The van der Waals surface area contributed by atoms with Gasteiger partial charge < -0.3 is 10.4 Å². The summed E-state index contributed by atoms with van der Waals surface area (Å²) in [7, 11) is 1.85. The Morgan fingerprint density at radius 2 is 2.07 bits per heavy atom. The second kappa shape index (κ2) is 3.96. The van der Waals surface area contributed by atoms with E-state index in [4.69, 9.17) is 5.11 Å². The highest BCUT2D eigenvalue weighted by atomic mass is 19.1. The van der Waals surface area contributed by atoms with E-state index in [1.807, 2.05) is 20.9 Å². The van der Waals surface area contributed by atoms with E-state index in [0.717, 1.165) is 6.07 Å². The van der Waals surface area contributed by atoms with Crippen molar-refractivity contribution in [1.29, 1.82) is 0 Å². The summed E-state index contributed by atoms with van der Waals surface area (Å²) in [6.45, 7) is 4.00. The van der Waals surface area contributed by atoms with Crippen LogP contribution in [0.4, 0.5) is 4.39 Å². The number of hydrogen-bond donors (Lipinski definition) is 2. The van der Waals surface area contributed by atoms with Crippen LogP contribution in [0.3, 0.4) is 0 Å². The Morgan fingerprint density at radius 1 is 1.43 bits per heavy atom. The zero-order valence-corrected chi connectivity index (χ0v) is 8.76. The molecule has 0 saturated heterocycles. The molecule has 0 unspecified atom stereocenters. The Bertz CT molecular complexity index is 323. The number of halogens is 1. The number of phenolic OH excluding ortho intramolecular Hbond substituents is 1. The fraction of sp³-hybridized carbons (Fsp3) is 0.455. The lowest BCUT2D eigenvalue weighted by Crippen LogP contribution is -2.38. The molecule has 0 heterocycles.